The number of ether oxygens (including phenoxy) is 2. The predicted molar refractivity (Wildman–Crippen MR) is 117 cm³/mol. The maximum absolute atomic E-state index is 6.49. The lowest BCUT2D eigenvalue weighted by molar-refractivity contribution is -0.0939. The molecule has 0 aliphatic carbocycles. The third-order valence-corrected chi connectivity index (χ3v) is 5.12. The molecule has 0 saturated heterocycles. The van der Waals surface area contributed by atoms with Crippen LogP contribution >= 0.6 is 0 Å². The van der Waals surface area contributed by atoms with E-state index >= 15 is 0 Å². The maximum Gasteiger partial charge on any atom is 0.0871 e. The van der Waals surface area contributed by atoms with Gasteiger partial charge < -0.3 is 9.47 Å². The van der Waals surface area contributed by atoms with Crippen molar-refractivity contribution in [3.05, 3.63) is 35.4 Å². The average molecular weight is 377 g/mol. The van der Waals surface area contributed by atoms with Gasteiger partial charge >= 0.3 is 0 Å². The monoisotopic (exact) mass is 376 g/mol. The first-order valence-corrected chi connectivity index (χ1v) is 10.4. The standard InChI is InChI=1S/C25H44O2/c1-19(2)27-25(10,18-23(6,7)17-22(3,4)5)16-20-12-14-21(15-13-20)24(8,9)26-11/h12-15,19H,16-18H2,1-11H3. The van der Waals surface area contributed by atoms with Crippen LogP contribution in [-0.4, -0.2) is 18.8 Å². The molecule has 0 aliphatic rings. The fourth-order valence-electron chi connectivity index (χ4n) is 4.80. The van der Waals surface area contributed by atoms with Crippen LogP contribution in [0.3, 0.4) is 0 Å². The van der Waals surface area contributed by atoms with Crippen molar-refractivity contribution >= 4 is 0 Å². The lowest BCUT2D eigenvalue weighted by Gasteiger charge is -2.41. The molecule has 0 heterocycles. The van der Waals surface area contributed by atoms with Crippen LogP contribution in [0.2, 0.25) is 0 Å². The Morgan fingerprint density at radius 3 is 1.74 bits per heavy atom. The van der Waals surface area contributed by atoms with Crippen molar-refractivity contribution in [2.24, 2.45) is 10.8 Å². The van der Waals surface area contributed by atoms with Gasteiger partial charge in [-0.3, -0.25) is 0 Å². The molecule has 1 atom stereocenters. The molecular weight excluding hydrogens is 332 g/mol. The summed E-state index contributed by atoms with van der Waals surface area (Å²) >= 11 is 0. The second kappa shape index (κ2) is 8.66. The van der Waals surface area contributed by atoms with E-state index in [1.54, 1.807) is 7.11 Å². The first-order valence-electron chi connectivity index (χ1n) is 10.4. The minimum Gasteiger partial charge on any atom is -0.374 e. The van der Waals surface area contributed by atoms with Gasteiger partial charge in [0.1, 0.15) is 0 Å². The Labute approximate surface area is 169 Å². The summed E-state index contributed by atoms with van der Waals surface area (Å²) in [5.74, 6) is 0. The highest BCUT2D eigenvalue weighted by atomic mass is 16.5. The summed E-state index contributed by atoms with van der Waals surface area (Å²) in [4.78, 5) is 0. The van der Waals surface area contributed by atoms with E-state index in [4.69, 9.17) is 9.47 Å². The highest BCUT2D eigenvalue weighted by Gasteiger charge is 2.36. The van der Waals surface area contributed by atoms with Crippen molar-refractivity contribution < 1.29 is 9.47 Å². The summed E-state index contributed by atoms with van der Waals surface area (Å²) in [6.07, 6.45) is 3.36. The zero-order valence-electron chi connectivity index (χ0n) is 19.8. The SMILES string of the molecule is COC(C)(C)c1ccc(CC(C)(CC(C)(C)CC(C)(C)C)OC(C)C)cc1. The summed E-state index contributed by atoms with van der Waals surface area (Å²) < 4.78 is 12.1. The zero-order chi connectivity index (χ0) is 21.1. The fraction of sp³-hybridized carbons (Fsp3) is 0.760. The topological polar surface area (TPSA) is 18.5 Å². The predicted octanol–water partition coefficient (Wildman–Crippen LogP) is 7.15. The van der Waals surface area contributed by atoms with Gasteiger partial charge in [0, 0.05) is 13.5 Å². The van der Waals surface area contributed by atoms with Crippen LogP contribution in [0.4, 0.5) is 0 Å². The number of hydrogen-bond acceptors (Lipinski definition) is 2. The van der Waals surface area contributed by atoms with Gasteiger partial charge in [-0.2, -0.15) is 0 Å². The normalized spacial score (nSPS) is 15.9. The Balaban J connectivity index is 3.03. The molecule has 1 rings (SSSR count). The van der Waals surface area contributed by atoms with E-state index in [1.165, 1.54) is 17.5 Å². The van der Waals surface area contributed by atoms with Gasteiger partial charge in [-0.15, -0.1) is 0 Å². The quantitative estimate of drug-likeness (QED) is 0.455. The lowest BCUT2D eigenvalue weighted by Crippen LogP contribution is -2.40. The van der Waals surface area contributed by atoms with Crippen LogP contribution in [0.1, 0.15) is 93.2 Å². The lowest BCUT2D eigenvalue weighted by atomic mass is 9.70. The number of methoxy groups -OCH3 is 1. The van der Waals surface area contributed by atoms with Crippen LogP contribution in [0.15, 0.2) is 24.3 Å². The summed E-state index contributed by atoms with van der Waals surface area (Å²) in [6.45, 7) is 22.5. The van der Waals surface area contributed by atoms with Crippen LogP contribution < -0.4 is 0 Å². The Kier molecular flexibility index (Phi) is 7.75. The summed E-state index contributed by atoms with van der Waals surface area (Å²) in [6, 6.07) is 8.84. The third-order valence-electron chi connectivity index (χ3n) is 5.12. The highest BCUT2D eigenvalue weighted by molar-refractivity contribution is 5.27. The summed E-state index contributed by atoms with van der Waals surface area (Å²) in [5.41, 5.74) is 2.62. The molecular formula is C25H44O2. The van der Waals surface area contributed by atoms with Crippen molar-refractivity contribution in [1.29, 1.82) is 0 Å². The van der Waals surface area contributed by atoms with E-state index in [0.717, 1.165) is 12.8 Å². The molecule has 27 heavy (non-hydrogen) atoms. The van der Waals surface area contributed by atoms with E-state index in [2.05, 4.69) is 93.5 Å². The van der Waals surface area contributed by atoms with Crippen molar-refractivity contribution in [3.63, 3.8) is 0 Å². The molecule has 0 spiro atoms. The van der Waals surface area contributed by atoms with E-state index in [1.807, 2.05) is 0 Å². The minimum atomic E-state index is -0.259. The van der Waals surface area contributed by atoms with Crippen molar-refractivity contribution in [2.75, 3.05) is 7.11 Å². The smallest absolute Gasteiger partial charge is 0.0871 e. The van der Waals surface area contributed by atoms with Crippen LogP contribution in [-0.2, 0) is 21.5 Å². The van der Waals surface area contributed by atoms with Gasteiger partial charge in [0.25, 0.3) is 0 Å². The maximum atomic E-state index is 6.49. The molecule has 0 radical (unpaired) electrons. The van der Waals surface area contributed by atoms with Crippen molar-refractivity contribution in [2.45, 2.75) is 106 Å². The first-order chi connectivity index (χ1) is 12.1. The minimum absolute atomic E-state index is 0.179. The van der Waals surface area contributed by atoms with Crippen LogP contribution in [0.25, 0.3) is 0 Å². The van der Waals surface area contributed by atoms with Gasteiger partial charge in [-0.05, 0) is 69.4 Å². The molecule has 0 aromatic heterocycles. The van der Waals surface area contributed by atoms with Gasteiger partial charge in [0.05, 0.1) is 17.3 Å². The first kappa shape index (κ1) is 24.2. The molecule has 0 saturated carbocycles. The highest BCUT2D eigenvalue weighted by Crippen LogP contribution is 2.41. The Morgan fingerprint density at radius 1 is 0.815 bits per heavy atom. The van der Waals surface area contributed by atoms with Gasteiger partial charge in [0.15, 0.2) is 0 Å². The second-order valence-corrected chi connectivity index (χ2v) is 11.3. The molecule has 2 nitrogen and oxygen atoms in total. The van der Waals surface area contributed by atoms with Crippen molar-refractivity contribution in [1.82, 2.24) is 0 Å². The van der Waals surface area contributed by atoms with E-state index in [9.17, 15) is 0 Å². The van der Waals surface area contributed by atoms with Crippen molar-refractivity contribution in [3.8, 4) is 0 Å². The van der Waals surface area contributed by atoms with Gasteiger partial charge in [-0.1, -0.05) is 58.9 Å². The third kappa shape index (κ3) is 8.35. The molecule has 0 amide bonds. The van der Waals surface area contributed by atoms with E-state index < -0.39 is 0 Å². The molecule has 2 heteroatoms. The number of benzene rings is 1. The Morgan fingerprint density at radius 2 is 1.33 bits per heavy atom. The molecule has 0 fully saturated rings. The average Bonchev–Trinajstić information content (AvgIpc) is 2.42. The largest absolute Gasteiger partial charge is 0.374 e. The molecule has 0 bridgehead atoms. The Hall–Kier alpha value is -0.860. The van der Waals surface area contributed by atoms with Gasteiger partial charge in [0.2, 0.25) is 0 Å². The Bertz CT molecular complexity index is 575. The van der Waals surface area contributed by atoms with Gasteiger partial charge in [-0.25, -0.2) is 0 Å². The summed E-state index contributed by atoms with van der Waals surface area (Å²) in [7, 11) is 1.76. The second-order valence-electron chi connectivity index (χ2n) is 11.3. The van der Waals surface area contributed by atoms with Crippen LogP contribution in [0, 0.1) is 10.8 Å². The zero-order valence-corrected chi connectivity index (χ0v) is 19.8. The molecule has 0 aliphatic heterocycles. The molecule has 1 aromatic rings. The fourth-order valence-corrected chi connectivity index (χ4v) is 4.80. The summed E-state index contributed by atoms with van der Waals surface area (Å²) in [5, 5.41) is 0. The van der Waals surface area contributed by atoms with E-state index in [-0.39, 0.29) is 22.7 Å². The number of hydrogen-bond donors (Lipinski definition) is 0. The molecule has 156 valence electrons. The number of rotatable bonds is 9. The molecule has 1 aromatic carbocycles. The van der Waals surface area contributed by atoms with E-state index in [0.29, 0.717) is 5.41 Å². The molecule has 1 unspecified atom stereocenters. The van der Waals surface area contributed by atoms with Crippen LogP contribution in [0.5, 0.6) is 0 Å². The molecule has 0 N–H and O–H groups in total.